The standard InChI is InChI=1S/C89H141N19O23/c1-14-51(12)71(83(124)94-56(40-46(2)3)73(114)97-60(45-110)75(116)98-59(44-109)74(115)95-58(42-53-24-16-15-17-25-53)87(128)106-37-21-29-63(106)77(118)93-55(89(130)131)32-33-66(90)112)102-78(119)62-28-19-35-104(62)67(113)43-92-76(117)61-27-20-36-105(61)86(127)57(41-47(4)5)96-84(125)72(52(13)111)103-82(123)70(50(10)11)101-81(122)69(49(8)9)100-80(121)68(48(6)7)99-79(120)64-30-22-38-107(64)88(129)65-31-23-39-108(65)85(126)54-26-18-34-91-54/h15-17,24-25,46-52,54-65,68-72,91,109-111H,14,18-23,26-45H2,1-13H3,(H2,90,112)(H,92,117)(H,93,118)(H,94,124)(H,95,115)(H,96,125)(H,97,114)(H,98,116)(H,99,120)(H,100,121)(H,101,122)(H,102,119)(H,103,123)(H,130,131)/t51-,52+,54-,55-,56-,57-,58-,59-,60-,61-,62-,63-,64-,65-,68-,69-,70-,71-,72-/m0/s1. The number of nitrogens with zero attached hydrogens (tertiary/aromatic N) is 5. The number of hydrogen-bond donors (Lipinski definition) is 18. The average molecular weight is 1850 g/mol. The summed E-state index contributed by atoms with van der Waals surface area (Å²) in [5.41, 5.74) is 5.75. The van der Waals surface area contributed by atoms with Gasteiger partial charge in [0, 0.05) is 45.6 Å². The molecule has 0 spiro atoms. The number of rotatable bonds is 47. The highest BCUT2D eigenvalue weighted by atomic mass is 16.4. The number of nitrogens with two attached hydrogens (primary N) is 1. The van der Waals surface area contributed by atoms with Gasteiger partial charge < -0.3 is 120 Å². The molecule has 0 bridgehead atoms. The summed E-state index contributed by atoms with van der Waals surface area (Å²) in [6.07, 6.45) is 2.66. The van der Waals surface area contributed by atoms with Crippen LogP contribution in [-0.4, -0.2) is 325 Å². The summed E-state index contributed by atoms with van der Waals surface area (Å²) in [6.45, 7) is 20.4. The van der Waals surface area contributed by atoms with Gasteiger partial charge in [-0.1, -0.05) is 120 Å². The zero-order chi connectivity index (χ0) is 97.1. The second-order valence-electron chi connectivity index (χ2n) is 37.2. The smallest absolute Gasteiger partial charge is 0.326 e. The lowest BCUT2D eigenvalue weighted by molar-refractivity contribution is -0.147. The second-order valence-corrected chi connectivity index (χ2v) is 37.2. The maximum absolute atomic E-state index is 14.7. The van der Waals surface area contributed by atoms with Crippen LogP contribution in [0.2, 0.25) is 0 Å². The number of carboxylic acids is 1. The molecule has 6 saturated heterocycles. The monoisotopic (exact) mass is 1840 g/mol. The molecule has 6 aliphatic heterocycles. The Hall–Kier alpha value is -11.0. The van der Waals surface area contributed by atoms with E-state index in [0.717, 1.165) is 6.42 Å². The molecule has 18 amide bonds. The molecule has 131 heavy (non-hydrogen) atoms. The Morgan fingerprint density at radius 2 is 0.802 bits per heavy atom. The van der Waals surface area contributed by atoms with E-state index in [1.54, 1.807) is 118 Å². The molecule has 19 N–H and O–H groups in total. The van der Waals surface area contributed by atoms with E-state index in [1.807, 2.05) is 0 Å². The number of nitrogens with one attached hydrogen (secondary N) is 13. The number of likely N-dealkylation sites (tertiary alicyclic amines) is 5. The summed E-state index contributed by atoms with van der Waals surface area (Å²) in [7, 11) is 0. The van der Waals surface area contributed by atoms with E-state index in [-0.39, 0.29) is 107 Å². The summed E-state index contributed by atoms with van der Waals surface area (Å²) in [6, 6.07) is -13.4. The highest BCUT2D eigenvalue weighted by Crippen LogP contribution is 2.29. The van der Waals surface area contributed by atoms with E-state index >= 15 is 0 Å². The number of amides is 18. The molecule has 42 nitrogen and oxygen atoms in total. The first-order chi connectivity index (χ1) is 61.9. The van der Waals surface area contributed by atoms with Crippen LogP contribution < -0.4 is 74.9 Å². The average Bonchev–Trinajstić information content (AvgIpc) is 1.66. The number of aliphatic hydroxyl groups excluding tert-OH is 3. The first kappa shape index (κ1) is 107. The summed E-state index contributed by atoms with van der Waals surface area (Å²) in [4.78, 5) is 272. The van der Waals surface area contributed by atoms with Gasteiger partial charge in [-0.05, 0) is 151 Å². The van der Waals surface area contributed by atoms with Crippen molar-refractivity contribution in [1.82, 2.24) is 93.6 Å². The number of aliphatic carboxylic acids is 1. The third kappa shape index (κ3) is 29.7. The molecule has 19 atom stereocenters. The first-order valence-electron chi connectivity index (χ1n) is 46.2. The Bertz CT molecular complexity index is 4200. The fourth-order valence-corrected chi connectivity index (χ4v) is 17.5. The molecular formula is C89H141N19O23. The molecular weight excluding hydrogens is 1700 g/mol. The van der Waals surface area contributed by atoms with Crippen molar-refractivity contribution in [3.63, 3.8) is 0 Å². The molecule has 0 radical (unpaired) electrons. The normalized spacial score (nSPS) is 21.5. The van der Waals surface area contributed by atoms with Gasteiger partial charge >= 0.3 is 5.97 Å². The quantitative estimate of drug-likeness (QED) is 0.0298. The molecule has 1 aromatic carbocycles. The minimum atomic E-state index is -1.82. The lowest BCUT2D eigenvalue weighted by Crippen LogP contribution is -2.63. The van der Waals surface area contributed by atoms with Gasteiger partial charge in [0.25, 0.3) is 0 Å². The van der Waals surface area contributed by atoms with E-state index in [2.05, 4.69) is 69.1 Å². The lowest BCUT2D eigenvalue weighted by Gasteiger charge is -2.33. The SMILES string of the molecule is CC[C@H](C)[C@H](NC(=O)[C@@H]1CCCN1C(=O)CNC(=O)[C@@H]1CCCN1C(=O)[C@H](CC(C)C)NC(=O)[C@@H](NC(=O)[C@@H](NC(=O)[C@@H](NC(=O)[C@@H](NC(=O)[C@@H]1CCCN1C(=O)[C@@H]1CCCN1C(=O)[C@@H]1CCCN1)C(C)C)C(C)C)C(C)C)[C@@H](C)O)C(=O)N[C@@H](CC(C)C)C(=O)N[C@@H](CO)C(=O)N[C@@H](CO)C(=O)N[C@@H](Cc1ccccc1)C(=O)N1CCC[C@H]1C(=O)N[C@@H](CCC(N)=O)C(=O)O. The summed E-state index contributed by atoms with van der Waals surface area (Å²) >= 11 is 0. The fraction of sp³-hybridized carbons (Fsp3) is 0.719. The van der Waals surface area contributed by atoms with Crippen LogP contribution in [0, 0.1) is 35.5 Å². The van der Waals surface area contributed by atoms with E-state index in [1.165, 1.54) is 26.5 Å². The third-order valence-corrected chi connectivity index (χ3v) is 25.1. The molecule has 6 heterocycles. The number of primary amides is 1. The van der Waals surface area contributed by atoms with E-state index in [4.69, 9.17) is 5.73 Å². The van der Waals surface area contributed by atoms with Gasteiger partial charge in [0.05, 0.1) is 31.9 Å². The van der Waals surface area contributed by atoms with Gasteiger partial charge in [-0.3, -0.25) is 86.3 Å². The molecule has 1 aromatic rings. The van der Waals surface area contributed by atoms with Crippen LogP contribution in [-0.2, 0) is 97.5 Å². The molecule has 0 aromatic heterocycles. The van der Waals surface area contributed by atoms with Crippen LogP contribution in [0.1, 0.15) is 205 Å². The van der Waals surface area contributed by atoms with E-state index in [9.17, 15) is 112 Å². The first-order valence-corrected chi connectivity index (χ1v) is 46.2. The van der Waals surface area contributed by atoms with Gasteiger partial charge in [-0.15, -0.1) is 0 Å². The minimum Gasteiger partial charge on any atom is -0.480 e. The van der Waals surface area contributed by atoms with Crippen molar-refractivity contribution in [3.8, 4) is 0 Å². The Morgan fingerprint density at radius 3 is 1.27 bits per heavy atom. The summed E-state index contributed by atoms with van der Waals surface area (Å²) in [5.74, 6) is -18.2. The molecule has 6 aliphatic rings. The summed E-state index contributed by atoms with van der Waals surface area (Å²) < 4.78 is 0. The van der Waals surface area contributed by atoms with Crippen molar-refractivity contribution in [1.29, 1.82) is 0 Å². The van der Waals surface area contributed by atoms with Crippen molar-refractivity contribution in [3.05, 3.63) is 35.9 Å². The Kier molecular flexibility index (Phi) is 41.3. The van der Waals surface area contributed by atoms with E-state index < -0.39 is 247 Å². The Labute approximate surface area is 764 Å². The van der Waals surface area contributed by atoms with Crippen molar-refractivity contribution in [2.45, 2.75) is 314 Å². The Balaban J connectivity index is 0.926. The van der Waals surface area contributed by atoms with Crippen molar-refractivity contribution >= 4 is 112 Å². The maximum Gasteiger partial charge on any atom is 0.326 e. The van der Waals surface area contributed by atoms with Crippen molar-refractivity contribution in [2.24, 2.45) is 41.2 Å². The molecule has 7 rings (SSSR count). The van der Waals surface area contributed by atoms with Crippen LogP contribution in [0.5, 0.6) is 0 Å². The van der Waals surface area contributed by atoms with Crippen LogP contribution >= 0.6 is 0 Å². The van der Waals surface area contributed by atoms with Gasteiger partial charge in [-0.25, -0.2) is 4.79 Å². The van der Waals surface area contributed by atoms with Gasteiger partial charge in [0.15, 0.2) is 0 Å². The van der Waals surface area contributed by atoms with Crippen LogP contribution in [0.3, 0.4) is 0 Å². The van der Waals surface area contributed by atoms with Crippen molar-refractivity contribution in [2.75, 3.05) is 59.0 Å². The molecule has 730 valence electrons. The number of carbonyl (C=O) groups excluding carboxylic acids is 18. The number of carboxylic acid groups (broad SMARTS) is 1. The third-order valence-electron chi connectivity index (χ3n) is 25.1. The number of carbonyl (C=O) groups is 19. The molecule has 42 heteroatoms. The molecule has 6 fully saturated rings. The van der Waals surface area contributed by atoms with Crippen LogP contribution in [0.25, 0.3) is 0 Å². The fourth-order valence-electron chi connectivity index (χ4n) is 17.5. The predicted molar refractivity (Wildman–Crippen MR) is 474 cm³/mol. The largest absolute Gasteiger partial charge is 0.480 e. The summed E-state index contributed by atoms with van der Waals surface area (Å²) in [5, 5.41) is 76.3. The lowest BCUT2D eigenvalue weighted by atomic mass is 9.96. The van der Waals surface area contributed by atoms with Crippen LogP contribution in [0.4, 0.5) is 0 Å². The molecule has 0 saturated carbocycles. The predicted octanol–water partition coefficient (Wildman–Crippen LogP) is -3.79. The highest BCUT2D eigenvalue weighted by molar-refractivity contribution is 6.02. The molecule has 0 aliphatic carbocycles. The highest BCUT2D eigenvalue weighted by Gasteiger charge is 2.48. The number of aliphatic hydroxyl groups is 3. The second kappa shape index (κ2) is 50.6. The van der Waals surface area contributed by atoms with Crippen LogP contribution in [0.15, 0.2) is 30.3 Å². The number of benzene rings is 1. The van der Waals surface area contributed by atoms with Gasteiger partial charge in [0.1, 0.15) is 96.7 Å². The van der Waals surface area contributed by atoms with Gasteiger partial charge in [-0.2, -0.15) is 0 Å². The zero-order valence-electron chi connectivity index (χ0n) is 77.7. The molecule has 0 unspecified atom stereocenters. The van der Waals surface area contributed by atoms with E-state index in [0.29, 0.717) is 76.4 Å². The topological polar surface area (TPSA) is 604 Å². The Morgan fingerprint density at radius 1 is 0.412 bits per heavy atom. The minimum absolute atomic E-state index is 0.0147. The zero-order valence-corrected chi connectivity index (χ0v) is 77.7. The van der Waals surface area contributed by atoms with Gasteiger partial charge in [0.2, 0.25) is 106 Å². The maximum atomic E-state index is 14.7. The number of hydrogen-bond acceptors (Lipinski definition) is 23. The van der Waals surface area contributed by atoms with Crippen molar-refractivity contribution < 1.29 is 112 Å².